The van der Waals surface area contributed by atoms with Crippen LogP contribution >= 0.6 is 11.6 Å². The monoisotopic (exact) mass is 255 g/mol. The molecule has 1 fully saturated rings. The van der Waals surface area contributed by atoms with Gasteiger partial charge >= 0.3 is 0 Å². The molecule has 17 heavy (non-hydrogen) atoms. The highest BCUT2D eigenvalue weighted by atomic mass is 35.5. The maximum atomic E-state index is 5.87. The molecule has 4 nitrogen and oxygen atoms in total. The Kier molecular flexibility index (Phi) is 3.45. The number of hydrogen-bond donors (Lipinski definition) is 2. The van der Waals surface area contributed by atoms with E-state index in [1.54, 1.807) is 12.3 Å². The molecule has 0 saturated carbocycles. The summed E-state index contributed by atoms with van der Waals surface area (Å²) in [6.45, 7) is 4.96. The predicted octanol–water partition coefficient (Wildman–Crippen LogP) is 2.69. The molecule has 3 N–H and O–H groups in total. The number of nitrogens with one attached hydrogen (secondary N) is 1. The molecule has 1 aliphatic heterocycles. The van der Waals surface area contributed by atoms with Gasteiger partial charge in [-0.25, -0.2) is 4.98 Å². The Labute approximate surface area is 107 Å². The minimum atomic E-state index is -0.0862. The van der Waals surface area contributed by atoms with E-state index in [9.17, 15) is 0 Å². The first kappa shape index (κ1) is 12.5. The Morgan fingerprint density at radius 2 is 2.35 bits per heavy atom. The van der Waals surface area contributed by atoms with Crippen molar-refractivity contribution in [1.29, 1.82) is 0 Å². The van der Waals surface area contributed by atoms with Crippen LogP contribution in [0.15, 0.2) is 12.3 Å². The number of halogens is 1. The third-order valence-electron chi connectivity index (χ3n) is 2.92. The minimum absolute atomic E-state index is 0.0862. The van der Waals surface area contributed by atoms with Crippen molar-refractivity contribution in [2.24, 2.45) is 0 Å². The first-order chi connectivity index (χ1) is 7.96. The minimum Gasteiger partial charge on any atom is -0.396 e. The van der Waals surface area contributed by atoms with E-state index in [1.165, 1.54) is 0 Å². The third kappa shape index (κ3) is 3.23. The van der Waals surface area contributed by atoms with E-state index >= 15 is 0 Å². The summed E-state index contributed by atoms with van der Waals surface area (Å²) in [6, 6.07) is 2.05. The molecule has 1 aliphatic rings. The Morgan fingerprint density at radius 3 is 3.00 bits per heavy atom. The van der Waals surface area contributed by atoms with E-state index in [2.05, 4.69) is 24.1 Å². The molecule has 5 heteroatoms. The number of nitrogens with two attached hydrogens (primary N) is 1. The molecule has 94 valence electrons. The fraction of sp³-hybridized carbons (Fsp3) is 0.583. The average Bonchev–Trinajstić information content (AvgIpc) is 2.21. The van der Waals surface area contributed by atoms with Gasteiger partial charge in [-0.15, -0.1) is 0 Å². The predicted molar refractivity (Wildman–Crippen MR) is 70.3 cm³/mol. The molecule has 2 heterocycles. The molecule has 0 radical (unpaired) electrons. The summed E-state index contributed by atoms with van der Waals surface area (Å²) in [5.41, 5.74) is 6.36. The molecule has 0 bridgehead atoms. The van der Waals surface area contributed by atoms with Gasteiger partial charge in [0.1, 0.15) is 5.82 Å². The van der Waals surface area contributed by atoms with Gasteiger partial charge < -0.3 is 15.8 Å². The summed E-state index contributed by atoms with van der Waals surface area (Å²) in [5, 5.41) is 3.91. The van der Waals surface area contributed by atoms with E-state index in [4.69, 9.17) is 22.1 Å². The van der Waals surface area contributed by atoms with E-state index in [-0.39, 0.29) is 5.60 Å². The van der Waals surface area contributed by atoms with Gasteiger partial charge in [0.25, 0.3) is 0 Å². The summed E-state index contributed by atoms with van der Waals surface area (Å²) in [7, 11) is 0. The zero-order valence-electron chi connectivity index (χ0n) is 10.2. The van der Waals surface area contributed by atoms with Gasteiger partial charge in [-0.1, -0.05) is 11.6 Å². The summed E-state index contributed by atoms with van der Waals surface area (Å²) < 4.78 is 5.67. The molecular weight excluding hydrogens is 238 g/mol. The van der Waals surface area contributed by atoms with Gasteiger partial charge in [0, 0.05) is 18.8 Å². The number of rotatable bonds is 2. The molecule has 0 aliphatic carbocycles. The Morgan fingerprint density at radius 1 is 1.59 bits per heavy atom. The van der Waals surface area contributed by atoms with Crippen LogP contribution < -0.4 is 11.1 Å². The van der Waals surface area contributed by atoms with Crippen LogP contribution in [-0.4, -0.2) is 23.2 Å². The lowest BCUT2D eigenvalue weighted by Crippen LogP contribution is -2.40. The lowest BCUT2D eigenvalue weighted by Gasteiger charge is -2.36. The highest BCUT2D eigenvalue weighted by molar-refractivity contribution is 6.30. The molecule has 2 rings (SSSR count). The van der Waals surface area contributed by atoms with Gasteiger partial charge in [0.05, 0.1) is 16.3 Å². The van der Waals surface area contributed by atoms with Gasteiger partial charge in [0.15, 0.2) is 0 Å². The van der Waals surface area contributed by atoms with Crippen molar-refractivity contribution in [3.63, 3.8) is 0 Å². The lowest BCUT2D eigenvalue weighted by molar-refractivity contribution is -0.0553. The molecule has 1 aromatic heterocycles. The van der Waals surface area contributed by atoms with Crippen LogP contribution in [0.1, 0.15) is 26.7 Å². The molecule has 0 amide bonds. The maximum absolute atomic E-state index is 5.87. The quantitative estimate of drug-likeness (QED) is 0.853. The molecular formula is C12H18ClN3O. The fourth-order valence-corrected chi connectivity index (χ4v) is 2.29. The number of pyridine rings is 1. The van der Waals surface area contributed by atoms with Crippen molar-refractivity contribution in [2.75, 3.05) is 17.7 Å². The van der Waals surface area contributed by atoms with Gasteiger partial charge in [-0.05, 0) is 32.8 Å². The molecule has 1 saturated heterocycles. The average molecular weight is 256 g/mol. The Hall–Kier alpha value is -1.00. The Balaban J connectivity index is 2.05. The van der Waals surface area contributed by atoms with Gasteiger partial charge in [-0.2, -0.15) is 0 Å². The number of aromatic nitrogens is 1. The number of nitrogen functional groups attached to an aromatic ring is 1. The smallest absolute Gasteiger partial charge is 0.149 e. The van der Waals surface area contributed by atoms with Crippen LogP contribution in [0.25, 0.3) is 0 Å². The summed E-state index contributed by atoms with van der Waals surface area (Å²) in [5.74, 6) is 0.706. The fourth-order valence-electron chi connectivity index (χ4n) is 2.12. The molecule has 1 aromatic rings. The van der Waals surface area contributed by atoms with Crippen molar-refractivity contribution in [3.8, 4) is 0 Å². The van der Waals surface area contributed by atoms with Crippen molar-refractivity contribution < 1.29 is 4.74 Å². The molecule has 1 unspecified atom stereocenters. The highest BCUT2D eigenvalue weighted by Crippen LogP contribution is 2.28. The standard InChI is InChI=1S/C12H18ClN3O/c1-12(2)6-9(3-4-17-12)16-11-10(14)5-8(13)7-15-11/h5,7,9H,3-4,6,14H2,1-2H3,(H,15,16). The zero-order valence-corrected chi connectivity index (χ0v) is 10.9. The van der Waals surface area contributed by atoms with E-state index in [0.29, 0.717) is 22.6 Å². The molecule has 0 spiro atoms. The van der Waals surface area contributed by atoms with Crippen LogP contribution in [0.2, 0.25) is 5.02 Å². The number of hydrogen-bond acceptors (Lipinski definition) is 4. The lowest BCUT2D eigenvalue weighted by atomic mass is 9.94. The maximum Gasteiger partial charge on any atom is 0.149 e. The van der Waals surface area contributed by atoms with Crippen molar-refractivity contribution in [1.82, 2.24) is 4.98 Å². The van der Waals surface area contributed by atoms with Crippen LogP contribution in [0.5, 0.6) is 0 Å². The number of anilines is 2. The molecule has 0 aromatic carbocycles. The van der Waals surface area contributed by atoms with Gasteiger partial charge in [-0.3, -0.25) is 0 Å². The van der Waals surface area contributed by atoms with Crippen LogP contribution in [-0.2, 0) is 4.74 Å². The van der Waals surface area contributed by atoms with Crippen LogP contribution in [0.4, 0.5) is 11.5 Å². The van der Waals surface area contributed by atoms with Gasteiger partial charge in [0.2, 0.25) is 0 Å². The van der Waals surface area contributed by atoms with Crippen molar-refractivity contribution in [2.45, 2.75) is 38.3 Å². The first-order valence-electron chi connectivity index (χ1n) is 5.78. The topological polar surface area (TPSA) is 60.2 Å². The summed E-state index contributed by atoms with van der Waals surface area (Å²) in [4.78, 5) is 4.21. The largest absolute Gasteiger partial charge is 0.396 e. The summed E-state index contributed by atoms with van der Waals surface area (Å²) in [6.07, 6.45) is 3.51. The van der Waals surface area contributed by atoms with Crippen molar-refractivity contribution >= 4 is 23.1 Å². The van der Waals surface area contributed by atoms with Crippen LogP contribution in [0.3, 0.4) is 0 Å². The summed E-state index contributed by atoms with van der Waals surface area (Å²) >= 11 is 5.81. The SMILES string of the molecule is CC1(C)CC(Nc2ncc(Cl)cc2N)CCO1. The third-order valence-corrected chi connectivity index (χ3v) is 3.13. The zero-order chi connectivity index (χ0) is 12.5. The number of nitrogens with zero attached hydrogens (tertiary/aromatic N) is 1. The normalized spacial score (nSPS) is 23.4. The highest BCUT2D eigenvalue weighted by Gasteiger charge is 2.29. The van der Waals surface area contributed by atoms with E-state index in [1.807, 2.05) is 0 Å². The number of ether oxygens (including phenoxy) is 1. The van der Waals surface area contributed by atoms with E-state index in [0.717, 1.165) is 19.4 Å². The first-order valence-corrected chi connectivity index (χ1v) is 6.15. The second-order valence-corrected chi connectivity index (χ2v) is 5.47. The second-order valence-electron chi connectivity index (χ2n) is 5.03. The Bertz CT molecular complexity index is 409. The second kappa shape index (κ2) is 4.70. The van der Waals surface area contributed by atoms with Crippen molar-refractivity contribution in [3.05, 3.63) is 17.3 Å². The molecule has 1 atom stereocenters. The van der Waals surface area contributed by atoms with E-state index < -0.39 is 0 Å². The van der Waals surface area contributed by atoms with Crippen LogP contribution in [0, 0.1) is 0 Å².